The van der Waals surface area contributed by atoms with Crippen molar-refractivity contribution in [3.63, 3.8) is 0 Å². The molecule has 1 aliphatic rings. The molecule has 8 heteroatoms. The third-order valence-electron chi connectivity index (χ3n) is 3.34. The van der Waals surface area contributed by atoms with E-state index in [1.165, 1.54) is 12.1 Å². The summed E-state index contributed by atoms with van der Waals surface area (Å²) in [4.78, 5) is 35.7. The molecule has 1 aromatic rings. The van der Waals surface area contributed by atoms with Gasteiger partial charge >= 0.3 is 0 Å². The molecule has 1 aliphatic heterocycles. The van der Waals surface area contributed by atoms with Crippen LogP contribution in [0.4, 0.5) is 4.39 Å². The minimum absolute atomic E-state index is 0.0366. The zero-order chi connectivity index (χ0) is 16.8. The van der Waals surface area contributed by atoms with E-state index in [0.717, 1.165) is 11.0 Å². The number of nitrogens with zero attached hydrogens (tertiary/aromatic N) is 1. The van der Waals surface area contributed by atoms with Crippen LogP contribution in [0.15, 0.2) is 18.2 Å². The minimum Gasteiger partial charge on any atom is -0.378 e. The maximum absolute atomic E-state index is 13.5. The van der Waals surface area contributed by atoms with Gasteiger partial charge < -0.3 is 10.1 Å². The Morgan fingerprint density at radius 3 is 2.61 bits per heavy atom. The lowest BCUT2D eigenvalue weighted by atomic mass is 10.2. The van der Waals surface area contributed by atoms with Crippen LogP contribution in [-0.4, -0.2) is 48.9 Å². The van der Waals surface area contributed by atoms with E-state index in [2.05, 4.69) is 5.32 Å². The van der Waals surface area contributed by atoms with Gasteiger partial charge in [-0.2, -0.15) is 0 Å². The molecule has 6 nitrogen and oxygen atoms in total. The first kappa shape index (κ1) is 17.4. The van der Waals surface area contributed by atoms with E-state index in [1.807, 2.05) is 0 Å². The Bertz CT molecular complexity index is 587. The summed E-state index contributed by atoms with van der Waals surface area (Å²) in [7, 11) is 0. The Labute approximate surface area is 137 Å². The number of hydrogen-bond donors (Lipinski definition) is 1. The highest BCUT2D eigenvalue weighted by Crippen LogP contribution is 2.18. The van der Waals surface area contributed by atoms with Crippen LogP contribution >= 0.6 is 11.6 Å². The molecular weight excluding hydrogens is 327 g/mol. The van der Waals surface area contributed by atoms with E-state index in [0.29, 0.717) is 0 Å². The monoisotopic (exact) mass is 342 g/mol. The molecule has 0 spiro atoms. The summed E-state index contributed by atoms with van der Waals surface area (Å²) >= 11 is 5.79. The van der Waals surface area contributed by atoms with Gasteiger partial charge in [0.1, 0.15) is 5.82 Å². The molecule has 1 aromatic carbocycles. The van der Waals surface area contributed by atoms with Gasteiger partial charge in [0.05, 0.1) is 30.3 Å². The van der Waals surface area contributed by atoms with Crippen molar-refractivity contribution in [2.45, 2.75) is 12.8 Å². The highest BCUT2D eigenvalue weighted by molar-refractivity contribution is 6.33. The molecule has 2 rings (SSSR count). The van der Waals surface area contributed by atoms with Gasteiger partial charge in [0.15, 0.2) is 0 Å². The van der Waals surface area contributed by atoms with Gasteiger partial charge in [-0.05, 0) is 12.1 Å². The first-order chi connectivity index (χ1) is 11.0. The lowest BCUT2D eigenvalue weighted by molar-refractivity contribution is -0.139. The number of carbonyl (C=O) groups is 3. The molecule has 1 heterocycles. The first-order valence-corrected chi connectivity index (χ1v) is 7.51. The summed E-state index contributed by atoms with van der Waals surface area (Å²) in [5, 5.41) is 2.53. The molecule has 1 saturated heterocycles. The van der Waals surface area contributed by atoms with Gasteiger partial charge in [0.25, 0.3) is 5.91 Å². The van der Waals surface area contributed by atoms with E-state index in [-0.39, 0.29) is 61.5 Å². The molecule has 0 aliphatic carbocycles. The SMILES string of the molecule is O=C(NCCOCCN1C(=O)CCC1=O)c1c(F)cccc1Cl. The van der Waals surface area contributed by atoms with Crippen LogP contribution in [0.3, 0.4) is 0 Å². The average molecular weight is 343 g/mol. The van der Waals surface area contributed by atoms with Gasteiger partial charge in [-0.3, -0.25) is 19.3 Å². The lowest BCUT2D eigenvalue weighted by Crippen LogP contribution is -2.33. The minimum atomic E-state index is -0.693. The Balaban J connectivity index is 1.67. The number of imide groups is 1. The van der Waals surface area contributed by atoms with E-state index in [9.17, 15) is 18.8 Å². The predicted molar refractivity (Wildman–Crippen MR) is 80.5 cm³/mol. The van der Waals surface area contributed by atoms with E-state index in [4.69, 9.17) is 16.3 Å². The fourth-order valence-corrected chi connectivity index (χ4v) is 2.42. The van der Waals surface area contributed by atoms with Gasteiger partial charge in [0, 0.05) is 19.4 Å². The molecule has 23 heavy (non-hydrogen) atoms. The topological polar surface area (TPSA) is 75.7 Å². The summed E-state index contributed by atoms with van der Waals surface area (Å²) in [5.41, 5.74) is -0.206. The van der Waals surface area contributed by atoms with Crippen LogP contribution < -0.4 is 5.32 Å². The fraction of sp³-hybridized carbons (Fsp3) is 0.400. The number of carbonyl (C=O) groups excluding carboxylic acids is 3. The number of nitrogens with one attached hydrogen (secondary N) is 1. The summed E-state index contributed by atoms with van der Waals surface area (Å²) in [6.07, 6.45) is 0.497. The Kier molecular flexibility index (Phi) is 6.06. The van der Waals surface area contributed by atoms with E-state index in [1.54, 1.807) is 0 Å². The van der Waals surface area contributed by atoms with Crippen LogP contribution in [0.25, 0.3) is 0 Å². The van der Waals surface area contributed by atoms with E-state index >= 15 is 0 Å². The second-order valence-electron chi connectivity index (χ2n) is 4.90. The molecular formula is C15H16ClFN2O4. The van der Waals surface area contributed by atoms with Crippen molar-refractivity contribution in [1.29, 1.82) is 0 Å². The Morgan fingerprint density at radius 1 is 1.26 bits per heavy atom. The lowest BCUT2D eigenvalue weighted by Gasteiger charge is -2.13. The van der Waals surface area contributed by atoms with Crippen LogP contribution in [0.1, 0.15) is 23.2 Å². The third kappa shape index (κ3) is 4.49. The molecule has 3 amide bonds. The zero-order valence-corrected chi connectivity index (χ0v) is 13.1. The predicted octanol–water partition coefficient (Wildman–Crippen LogP) is 1.37. The molecule has 0 atom stereocenters. The number of hydrogen-bond acceptors (Lipinski definition) is 4. The summed E-state index contributed by atoms with van der Waals surface area (Å²) in [6, 6.07) is 4.00. The van der Waals surface area contributed by atoms with Crippen molar-refractivity contribution in [2.24, 2.45) is 0 Å². The zero-order valence-electron chi connectivity index (χ0n) is 12.3. The smallest absolute Gasteiger partial charge is 0.255 e. The summed E-state index contributed by atoms with van der Waals surface area (Å²) in [5.74, 6) is -1.70. The maximum Gasteiger partial charge on any atom is 0.255 e. The number of benzene rings is 1. The first-order valence-electron chi connectivity index (χ1n) is 7.14. The van der Waals surface area contributed by atoms with Gasteiger partial charge in [-0.1, -0.05) is 17.7 Å². The summed E-state index contributed by atoms with van der Waals surface area (Å²) in [6.45, 7) is 0.720. The third-order valence-corrected chi connectivity index (χ3v) is 3.65. The Morgan fingerprint density at radius 2 is 1.96 bits per heavy atom. The highest BCUT2D eigenvalue weighted by Gasteiger charge is 2.28. The van der Waals surface area contributed by atoms with Crippen LogP contribution in [-0.2, 0) is 14.3 Å². The summed E-state index contributed by atoms with van der Waals surface area (Å²) < 4.78 is 18.8. The second kappa shape index (κ2) is 8.03. The van der Waals surface area contributed by atoms with Crippen molar-refractivity contribution in [3.8, 4) is 0 Å². The molecule has 0 aromatic heterocycles. The number of likely N-dealkylation sites (tertiary alicyclic amines) is 1. The fourth-order valence-electron chi connectivity index (χ4n) is 2.17. The molecule has 0 saturated carbocycles. The van der Waals surface area contributed by atoms with Crippen molar-refractivity contribution < 1.29 is 23.5 Å². The number of ether oxygens (including phenoxy) is 1. The van der Waals surface area contributed by atoms with Gasteiger partial charge in [-0.15, -0.1) is 0 Å². The largest absolute Gasteiger partial charge is 0.378 e. The molecule has 0 unspecified atom stereocenters. The average Bonchev–Trinajstić information content (AvgIpc) is 2.82. The number of amides is 3. The van der Waals surface area contributed by atoms with Crippen LogP contribution in [0.5, 0.6) is 0 Å². The molecule has 1 fully saturated rings. The molecule has 1 N–H and O–H groups in total. The quantitative estimate of drug-likeness (QED) is 0.600. The van der Waals surface area contributed by atoms with Crippen molar-refractivity contribution in [1.82, 2.24) is 10.2 Å². The maximum atomic E-state index is 13.5. The van der Waals surface area contributed by atoms with Gasteiger partial charge in [0.2, 0.25) is 11.8 Å². The number of rotatable bonds is 7. The van der Waals surface area contributed by atoms with Crippen molar-refractivity contribution in [2.75, 3.05) is 26.3 Å². The van der Waals surface area contributed by atoms with E-state index < -0.39 is 11.7 Å². The molecule has 0 bridgehead atoms. The standard InChI is InChI=1S/C15H16ClFN2O4/c16-10-2-1-3-11(17)14(10)15(22)18-6-8-23-9-7-19-12(20)4-5-13(19)21/h1-3H,4-9H2,(H,18,22). The molecule has 0 radical (unpaired) electrons. The van der Waals surface area contributed by atoms with Crippen LogP contribution in [0.2, 0.25) is 5.02 Å². The van der Waals surface area contributed by atoms with Gasteiger partial charge in [-0.25, -0.2) is 4.39 Å². The highest BCUT2D eigenvalue weighted by atomic mass is 35.5. The Hall–Kier alpha value is -1.99. The second-order valence-corrected chi connectivity index (χ2v) is 5.31. The number of halogens is 2. The van der Waals surface area contributed by atoms with Crippen LogP contribution in [0, 0.1) is 5.82 Å². The molecule has 124 valence electrons. The van der Waals surface area contributed by atoms with Crippen molar-refractivity contribution >= 4 is 29.3 Å². The van der Waals surface area contributed by atoms with Crippen molar-refractivity contribution in [3.05, 3.63) is 34.6 Å². The normalized spacial score (nSPS) is 14.4.